The second-order valence-corrected chi connectivity index (χ2v) is 13.3. The van der Waals surface area contributed by atoms with Gasteiger partial charge in [0.15, 0.2) is 0 Å². The van der Waals surface area contributed by atoms with Gasteiger partial charge in [-0.3, -0.25) is 9.78 Å². The Hall–Kier alpha value is -2.57. The molecule has 1 amide bonds. The number of carbonyl (C=O) groups is 1. The van der Waals surface area contributed by atoms with Crippen molar-refractivity contribution in [3.05, 3.63) is 53.3 Å². The Bertz CT molecular complexity index is 1250. The molecule has 0 bridgehead atoms. The molecule has 1 aromatic heterocycles. The molecule has 0 spiro atoms. The van der Waals surface area contributed by atoms with Gasteiger partial charge in [0.2, 0.25) is 15.9 Å². The van der Waals surface area contributed by atoms with Crippen LogP contribution >= 0.6 is 0 Å². The Morgan fingerprint density at radius 2 is 1.74 bits per heavy atom. The molecule has 1 aromatic carbocycles. The maximum absolute atomic E-state index is 13.2. The van der Waals surface area contributed by atoms with Gasteiger partial charge in [-0.2, -0.15) is 4.31 Å². The molecule has 11 heteroatoms. The number of aryl methyl sites for hydroxylation is 2. The zero-order chi connectivity index (χ0) is 30.2. The number of sulfonamides is 1. The number of hydrogen-bond acceptors (Lipinski definition) is 8. The Morgan fingerprint density at radius 3 is 2.36 bits per heavy atom. The molecule has 232 valence electrons. The van der Waals surface area contributed by atoms with Crippen LogP contribution in [0.2, 0.25) is 0 Å². The fourth-order valence-electron chi connectivity index (χ4n) is 5.97. The van der Waals surface area contributed by atoms with E-state index in [2.05, 4.69) is 16.0 Å². The van der Waals surface area contributed by atoms with E-state index in [1.165, 1.54) is 30.6 Å². The van der Waals surface area contributed by atoms with Gasteiger partial charge in [0.1, 0.15) is 12.4 Å². The van der Waals surface area contributed by atoms with Crippen LogP contribution in [0, 0.1) is 13.8 Å². The quantitative estimate of drug-likeness (QED) is 0.322. The molecule has 0 radical (unpaired) electrons. The number of piperidine rings is 2. The van der Waals surface area contributed by atoms with Gasteiger partial charge in [-0.05, 0) is 81.9 Å². The van der Waals surface area contributed by atoms with Crippen LogP contribution in [0.3, 0.4) is 0 Å². The molecule has 0 saturated carbocycles. The Balaban J connectivity index is 1.26. The lowest BCUT2D eigenvalue weighted by Crippen LogP contribution is -2.48. The lowest BCUT2D eigenvalue weighted by molar-refractivity contribution is -0.144. The fourth-order valence-corrected chi connectivity index (χ4v) is 7.53. The topological polar surface area (TPSA) is 102 Å². The summed E-state index contributed by atoms with van der Waals surface area (Å²) in [6, 6.07) is 7.42. The zero-order valence-electron chi connectivity index (χ0n) is 25.5. The molecule has 2 aliphatic heterocycles. The number of carbonyl (C=O) groups excluding carboxylic acids is 1. The number of aromatic nitrogens is 1. The van der Waals surface area contributed by atoms with E-state index in [4.69, 9.17) is 14.2 Å². The van der Waals surface area contributed by atoms with Crippen LogP contribution in [0.4, 0.5) is 0 Å². The number of methoxy groups -OCH3 is 1. The molecule has 0 atom stereocenters. The molecule has 2 aromatic rings. The van der Waals surface area contributed by atoms with E-state index < -0.39 is 15.6 Å². The minimum Gasteiger partial charge on any atom is -0.497 e. The molecule has 0 N–H and O–H groups in total. The number of pyridine rings is 1. The summed E-state index contributed by atoms with van der Waals surface area (Å²) in [5, 5.41) is 0. The number of hydrogen-bond donors (Lipinski definition) is 0. The van der Waals surface area contributed by atoms with Crippen LogP contribution in [-0.4, -0.2) is 107 Å². The van der Waals surface area contributed by atoms with Crippen molar-refractivity contribution in [1.29, 1.82) is 0 Å². The van der Waals surface area contributed by atoms with Gasteiger partial charge in [0.25, 0.3) is 0 Å². The molecule has 2 saturated heterocycles. The summed E-state index contributed by atoms with van der Waals surface area (Å²) in [6.07, 6.45) is 8.83. The van der Waals surface area contributed by atoms with Crippen LogP contribution in [-0.2, 0) is 29.9 Å². The first kappa shape index (κ1) is 32.3. The van der Waals surface area contributed by atoms with Gasteiger partial charge in [0.05, 0.1) is 30.8 Å². The highest BCUT2D eigenvalue weighted by molar-refractivity contribution is 7.89. The van der Waals surface area contributed by atoms with E-state index in [0.29, 0.717) is 49.4 Å². The number of amides is 1. The summed E-state index contributed by atoms with van der Waals surface area (Å²) >= 11 is 0. The number of rotatable bonds is 13. The normalized spacial score (nSPS) is 17.9. The number of ether oxygens (including phenoxy) is 3. The predicted octanol–water partition coefficient (Wildman–Crippen LogP) is 3.36. The van der Waals surface area contributed by atoms with Gasteiger partial charge < -0.3 is 24.0 Å². The first-order chi connectivity index (χ1) is 20.2. The smallest absolute Gasteiger partial charge is 0.248 e. The van der Waals surface area contributed by atoms with Crippen molar-refractivity contribution >= 4 is 15.9 Å². The lowest BCUT2D eigenvalue weighted by Gasteiger charge is -2.42. The van der Waals surface area contributed by atoms with Crippen LogP contribution in [0.1, 0.15) is 48.8 Å². The monoisotopic (exact) mass is 602 g/mol. The number of likely N-dealkylation sites (N-methyl/N-ethyl adjacent to an activating group) is 1. The molecule has 2 fully saturated rings. The minimum absolute atomic E-state index is 0.0931. The first-order valence-corrected chi connectivity index (χ1v) is 16.3. The van der Waals surface area contributed by atoms with Gasteiger partial charge >= 0.3 is 0 Å². The van der Waals surface area contributed by atoms with Crippen LogP contribution in [0.15, 0.2) is 41.6 Å². The van der Waals surface area contributed by atoms with Gasteiger partial charge in [-0.25, -0.2) is 8.42 Å². The summed E-state index contributed by atoms with van der Waals surface area (Å²) in [5.41, 5.74) is 1.84. The van der Waals surface area contributed by atoms with Gasteiger partial charge in [0, 0.05) is 51.2 Å². The summed E-state index contributed by atoms with van der Waals surface area (Å²) in [4.78, 5) is 21.9. The molecular formula is C31H46N4O6S. The molecule has 42 heavy (non-hydrogen) atoms. The number of nitrogens with zero attached hydrogens (tertiary/aromatic N) is 4. The predicted molar refractivity (Wildman–Crippen MR) is 161 cm³/mol. The van der Waals surface area contributed by atoms with Crippen molar-refractivity contribution in [1.82, 2.24) is 19.1 Å². The summed E-state index contributed by atoms with van der Waals surface area (Å²) in [5.74, 6) is 0.517. The SMILES string of the molecule is COc1cc(C)c(S(=O)(=O)N(C)CCOCC(=O)N2CCC(OCCN3CCCCC3)(c3cccnc3)CC2)c(C)c1. The second-order valence-electron chi connectivity index (χ2n) is 11.3. The average Bonchev–Trinajstić information content (AvgIpc) is 2.99. The largest absolute Gasteiger partial charge is 0.497 e. The Kier molecular flexibility index (Phi) is 11.4. The van der Waals surface area contributed by atoms with Gasteiger partial charge in [-0.15, -0.1) is 0 Å². The van der Waals surface area contributed by atoms with Crippen molar-refractivity contribution in [3.63, 3.8) is 0 Å². The third-order valence-corrected chi connectivity index (χ3v) is 10.6. The van der Waals surface area contributed by atoms with Crippen molar-refractivity contribution in [3.8, 4) is 5.75 Å². The minimum atomic E-state index is -3.72. The summed E-state index contributed by atoms with van der Waals surface area (Å²) < 4.78 is 45.2. The molecule has 0 unspecified atom stereocenters. The standard InChI is InChI=1S/C31H46N4O6S/c1-25-21-28(39-4)22-26(2)30(25)42(37,38)33(3)17-19-40-24-29(36)35-15-10-31(11-16-35,27-9-8-12-32-23-27)41-20-18-34-13-6-5-7-14-34/h8-9,12,21-23H,5-7,10-11,13-20,24H2,1-4H3. The second kappa shape index (κ2) is 14.7. The zero-order valence-corrected chi connectivity index (χ0v) is 26.3. The maximum Gasteiger partial charge on any atom is 0.248 e. The molecule has 10 nitrogen and oxygen atoms in total. The van der Waals surface area contributed by atoms with E-state index in [1.807, 2.05) is 17.2 Å². The van der Waals surface area contributed by atoms with E-state index in [0.717, 1.165) is 25.2 Å². The third-order valence-electron chi connectivity index (χ3n) is 8.46. The van der Waals surface area contributed by atoms with E-state index in [1.54, 1.807) is 39.3 Å². The highest BCUT2D eigenvalue weighted by Gasteiger charge is 2.39. The number of likely N-dealkylation sites (tertiary alicyclic amines) is 2. The van der Waals surface area contributed by atoms with Crippen molar-refractivity contribution in [2.45, 2.75) is 56.4 Å². The number of benzene rings is 1. The molecule has 2 aliphatic rings. The average molecular weight is 603 g/mol. The van der Waals surface area contributed by atoms with E-state index in [-0.39, 0.29) is 30.6 Å². The highest BCUT2D eigenvalue weighted by Crippen LogP contribution is 2.36. The third kappa shape index (κ3) is 7.87. The first-order valence-electron chi connectivity index (χ1n) is 14.9. The van der Waals surface area contributed by atoms with Crippen molar-refractivity contribution in [2.75, 3.05) is 73.2 Å². The maximum atomic E-state index is 13.2. The molecule has 0 aliphatic carbocycles. The molecule has 4 rings (SSSR count). The fraction of sp³-hybridized carbons (Fsp3) is 0.613. The van der Waals surface area contributed by atoms with Crippen LogP contribution in [0.25, 0.3) is 0 Å². The molecular weight excluding hydrogens is 556 g/mol. The lowest BCUT2D eigenvalue weighted by atomic mass is 9.85. The van der Waals surface area contributed by atoms with Crippen LogP contribution < -0.4 is 4.74 Å². The highest BCUT2D eigenvalue weighted by atomic mass is 32.2. The molecule has 3 heterocycles. The van der Waals surface area contributed by atoms with Gasteiger partial charge in [-0.1, -0.05) is 12.5 Å². The summed E-state index contributed by atoms with van der Waals surface area (Å²) in [7, 11) is -0.640. The van der Waals surface area contributed by atoms with Crippen LogP contribution in [0.5, 0.6) is 5.75 Å². The Morgan fingerprint density at radius 1 is 1.05 bits per heavy atom. The van der Waals surface area contributed by atoms with Crippen molar-refractivity contribution < 1.29 is 27.4 Å². The van der Waals surface area contributed by atoms with Crippen molar-refractivity contribution in [2.24, 2.45) is 0 Å². The Labute approximate surface area is 251 Å². The van der Waals surface area contributed by atoms with E-state index in [9.17, 15) is 13.2 Å². The van der Waals surface area contributed by atoms with E-state index >= 15 is 0 Å². The summed E-state index contributed by atoms with van der Waals surface area (Å²) in [6.45, 7) is 8.62.